The van der Waals surface area contributed by atoms with Gasteiger partial charge in [0.1, 0.15) is 0 Å². The van der Waals surface area contributed by atoms with Crippen molar-refractivity contribution in [3.63, 3.8) is 0 Å². The van der Waals surface area contributed by atoms with Gasteiger partial charge in [0.2, 0.25) is 0 Å². The molecule has 0 radical (unpaired) electrons. The van der Waals surface area contributed by atoms with Crippen molar-refractivity contribution in [3.05, 3.63) is 0 Å². The van der Waals surface area contributed by atoms with E-state index in [0.29, 0.717) is 0 Å². The minimum absolute atomic E-state index is 0.0231. The molecular formula is C10H15F3N2O3. The summed E-state index contributed by atoms with van der Waals surface area (Å²) in [4.78, 5) is 24.1. The molecule has 0 aliphatic carbocycles. The summed E-state index contributed by atoms with van der Waals surface area (Å²) in [6.07, 6.45) is -4.84. The lowest BCUT2D eigenvalue weighted by Crippen LogP contribution is -2.53. The average Bonchev–Trinajstić information content (AvgIpc) is 2.27. The van der Waals surface area contributed by atoms with Gasteiger partial charge in [-0.3, -0.25) is 14.5 Å². The van der Waals surface area contributed by atoms with Gasteiger partial charge >= 0.3 is 18.1 Å². The van der Waals surface area contributed by atoms with E-state index in [-0.39, 0.29) is 32.7 Å². The molecule has 1 amide bonds. The lowest BCUT2D eigenvalue weighted by Gasteiger charge is -2.35. The van der Waals surface area contributed by atoms with E-state index in [0.717, 1.165) is 4.90 Å². The molecule has 0 saturated carbocycles. The largest absolute Gasteiger partial charge is 0.481 e. The van der Waals surface area contributed by atoms with Gasteiger partial charge in [0.25, 0.3) is 0 Å². The fraction of sp³-hybridized carbons (Fsp3) is 0.800. The van der Waals surface area contributed by atoms with Crippen molar-refractivity contribution in [2.24, 2.45) is 5.92 Å². The quantitative estimate of drug-likeness (QED) is 0.805. The van der Waals surface area contributed by atoms with E-state index < -0.39 is 24.0 Å². The molecule has 0 spiro atoms. The normalized spacial score (nSPS) is 19.7. The Morgan fingerprint density at radius 1 is 1.22 bits per heavy atom. The Morgan fingerprint density at radius 2 is 1.72 bits per heavy atom. The number of piperazine rings is 1. The molecule has 0 bridgehead atoms. The molecule has 1 atom stereocenters. The Bertz CT molecular complexity index is 325. The van der Waals surface area contributed by atoms with Crippen LogP contribution in [0.1, 0.15) is 6.92 Å². The van der Waals surface area contributed by atoms with Gasteiger partial charge in [0.15, 0.2) is 0 Å². The fourth-order valence-electron chi connectivity index (χ4n) is 1.78. The van der Waals surface area contributed by atoms with E-state index in [1.807, 2.05) is 0 Å². The van der Waals surface area contributed by atoms with Crippen LogP contribution in [0.4, 0.5) is 13.2 Å². The molecule has 104 valence electrons. The number of rotatable bonds is 3. The molecule has 1 saturated heterocycles. The smallest absolute Gasteiger partial charge is 0.471 e. The Balaban J connectivity index is 2.42. The lowest BCUT2D eigenvalue weighted by atomic mass is 10.1. The maximum Gasteiger partial charge on any atom is 0.471 e. The number of halogens is 3. The molecule has 1 unspecified atom stereocenters. The van der Waals surface area contributed by atoms with E-state index in [1.165, 1.54) is 6.92 Å². The van der Waals surface area contributed by atoms with Gasteiger partial charge in [-0.05, 0) is 0 Å². The minimum Gasteiger partial charge on any atom is -0.481 e. The fourth-order valence-corrected chi connectivity index (χ4v) is 1.78. The van der Waals surface area contributed by atoms with Crippen molar-refractivity contribution in [2.75, 3.05) is 32.7 Å². The number of alkyl halides is 3. The van der Waals surface area contributed by atoms with Crippen LogP contribution < -0.4 is 0 Å². The Labute approximate surface area is 102 Å². The SMILES string of the molecule is CC(CN1CCN(C(=O)C(F)(F)F)CC1)C(=O)O. The van der Waals surface area contributed by atoms with E-state index in [1.54, 1.807) is 4.90 Å². The van der Waals surface area contributed by atoms with Crippen LogP contribution in [0.15, 0.2) is 0 Å². The maximum absolute atomic E-state index is 12.2. The van der Waals surface area contributed by atoms with E-state index in [2.05, 4.69) is 0 Å². The molecule has 18 heavy (non-hydrogen) atoms. The number of nitrogens with zero attached hydrogens (tertiary/aromatic N) is 2. The van der Waals surface area contributed by atoms with Crippen LogP contribution in [0.5, 0.6) is 0 Å². The van der Waals surface area contributed by atoms with Crippen molar-refractivity contribution in [2.45, 2.75) is 13.1 Å². The standard InChI is InChI=1S/C10H15F3N2O3/c1-7(8(16)17)6-14-2-4-15(5-3-14)9(18)10(11,12)13/h7H,2-6H2,1H3,(H,16,17). The molecule has 1 N–H and O–H groups in total. The van der Waals surface area contributed by atoms with Crippen LogP contribution in [-0.4, -0.2) is 65.7 Å². The number of hydrogen-bond acceptors (Lipinski definition) is 3. The Morgan fingerprint density at radius 3 is 2.11 bits per heavy atom. The first-order valence-corrected chi connectivity index (χ1v) is 5.53. The van der Waals surface area contributed by atoms with Crippen molar-refractivity contribution in [1.82, 2.24) is 9.80 Å². The topological polar surface area (TPSA) is 60.9 Å². The zero-order chi connectivity index (χ0) is 13.9. The Kier molecular flexibility index (Phi) is 4.55. The highest BCUT2D eigenvalue weighted by Crippen LogP contribution is 2.19. The molecule has 8 heteroatoms. The summed E-state index contributed by atoms with van der Waals surface area (Å²) in [5.74, 6) is -3.34. The molecule has 1 rings (SSSR count). The average molecular weight is 268 g/mol. The van der Waals surface area contributed by atoms with Crippen LogP contribution in [-0.2, 0) is 9.59 Å². The van der Waals surface area contributed by atoms with Gasteiger partial charge in [0, 0.05) is 32.7 Å². The summed E-state index contributed by atoms with van der Waals surface area (Å²) in [7, 11) is 0. The number of hydrogen-bond donors (Lipinski definition) is 1. The predicted octanol–water partition coefficient (Wildman–Crippen LogP) is 0.414. The number of aliphatic carboxylic acids is 1. The molecule has 1 fully saturated rings. The number of carbonyl (C=O) groups is 2. The summed E-state index contributed by atoms with van der Waals surface area (Å²) in [5, 5.41) is 8.72. The highest BCUT2D eigenvalue weighted by molar-refractivity contribution is 5.81. The second-order valence-electron chi connectivity index (χ2n) is 4.33. The van der Waals surface area contributed by atoms with Gasteiger partial charge in [0.05, 0.1) is 5.92 Å². The number of amides is 1. The third-order valence-electron chi connectivity index (χ3n) is 2.86. The lowest BCUT2D eigenvalue weighted by molar-refractivity contribution is -0.187. The molecule has 1 aliphatic heterocycles. The third kappa shape index (κ3) is 3.86. The number of carboxylic acid groups (broad SMARTS) is 1. The van der Waals surface area contributed by atoms with Crippen molar-refractivity contribution < 1.29 is 27.9 Å². The molecule has 0 aromatic heterocycles. The van der Waals surface area contributed by atoms with Crippen LogP contribution in [0, 0.1) is 5.92 Å². The first-order chi connectivity index (χ1) is 8.21. The number of carboxylic acids is 1. The van der Waals surface area contributed by atoms with Crippen LogP contribution >= 0.6 is 0 Å². The highest BCUT2D eigenvalue weighted by atomic mass is 19.4. The molecule has 0 aromatic rings. The van der Waals surface area contributed by atoms with Crippen molar-refractivity contribution in [1.29, 1.82) is 0 Å². The van der Waals surface area contributed by atoms with Gasteiger partial charge < -0.3 is 10.0 Å². The van der Waals surface area contributed by atoms with E-state index in [9.17, 15) is 22.8 Å². The summed E-state index contributed by atoms with van der Waals surface area (Å²) < 4.78 is 36.5. The van der Waals surface area contributed by atoms with Gasteiger partial charge in [-0.25, -0.2) is 0 Å². The molecule has 1 heterocycles. The summed E-state index contributed by atoms with van der Waals surface area (Å²) in [5.41, 5.74) is 0. The van der Waals surface area contributed by atoms with Crippen LogP contribution in [0.3, 0.4) is 0 Å². The zero-order valence-electron chi connectivity index (χ0n) is 9.90. The predicted molar refractivity (Wildman–Crippen MR) is 55.9 cm³/mol. The van der Waals surface area contributed by atoms with E-state index >= 15 is 0 Å². The van der Waals surface area contributed by atoms with Gasteiger partial charge in [-0.2, -0.15) is 13.2 Å². The first-order valence-electron chi connectivity index (χ1n) is 5.53. The summed E-state index contributed by atoms with van der Waals surface area (Å²) in [6, 6.07) is 0. The molecule has 1 aliphatic rings. The highest BCUT2D eigenvalue weighted by Gasteiger charge is 2.43. The maximum atomic E-state index is 12.2. The summed E-state index contributed by atoms with van der Waals surface area (Å²) >= 11 is 0. The van der Waals surface area contributed by atoms with E-state index in [4.69, 9.17) is 5.11 Å². The Hall–Kier alpha value is -1.31. The number of carbonyl (C=O) groups excluding carboxylic acids is 1. The summed E-state index contributed by atoms with van der Waals surface area (Å²) in [6.45, 7) is 2.30. The first kappa shape index (κ1) is 14.7. The zero-order valence-corrected chi connectivity index (χ0v) is 9.90. The minimum atomic E-state index is -4.84. The molecule has 0 aromatic carbocycles. The molecular weight excluding hydrogens is 253 g/mol. The third-order valence-corrected chi connectivity index (χ3v) is 2.86. The molecule has 5 nitrogen and oxygen atoms in total. The van der Waals surface area contributed by atoms with Crippen molar-refractivity contribution >= 4 is 11.9 Å². The van der Waals surface area contributed by atoms with Crippen LogP contribution in [0.25, 0.3) is 0 Å². The monoisotopic (exact) mass is 268 g/mol. The van der Waals surface area contributed by atoms with Crippen LogP contribution in [0.2, 0.25) is 0 Å². The van der Waals surface area contributed by atoms with Gasteiger partial charge in [-0.15, -0.1) is 0 Å². The van der Waals surface area contributed by atoms with Gasteiger partial charge in [-0.1, -0.05) is 6.92 Å². The van der Waals surface area contributed by atoms with Crippen molar-refractivity contribution in [3.8, 4) is 0 Å². The second kappa shape index (κ2) is 5.55. The second-order valence-corrected chi connectivity index (χ2v) is 4.33.